The Morgan fingerprint density at radius 3 is 2.79 bits per heavy atom. The van der Waals surface area contributed by atoms with Gasteiger partial charge in [0, 0.05) is 17.2 Å². The van der Waals surface area contributed by atoms with Gasteiger partial charge in [-0.3, -0.25) is 14.5 Å². The van der Waals surface area contributed by atoms with Gasteiger partial charge in [-0.1, -0.05) is 28.0 Å². The number of nitrogens with two attached hydrogens (primary N) is 1. The number of hydrogen-bond donors (Lipinski definition) is 3. The summed E-state index contributed by atoms with van der Waals surface area (Å²) in [6.07, 6.45) is 2.93. The second kappa shape index (κ2) is 10.3. The number of oxime groups is 1. The van der Waals surface area contributed by atoms with Crippen LogP contribution in [-0.4, -0.2) is 60.9 Å². The number of aliphatic carboxylic acids is 1. The molecule has 1 fully saturated rings. The summed E-state index contributed by atoms with van der Waals surface area (Å²) in [4.78, 5) is 41.9. The van der Waals surface area contributed by atoms with Gasteiger partial charge in [0.2, 0.25) is 0 Å². The number of carboxylic acids is 1. The van der Waals surface area contributed by atoms with Gasteiger partial charge >= 0.3 is 29.6 Å². The van der Waals surface area contributed by atoms with Crippen LogP contribution in [-0.2, 0) is 14.4 Å². The van der Waals surface area contributed by atoms with E-state index in [1.807, 2.05) is 0 Å². The van der Waals surface area contributed by atoms with Crippen molar-refractivity contribution in [3.8, 4) is 0 Å². The first-order valence-electron chi connectivity index (χ1n) is 8.74. The summed E-state index contributed by atoms with van der Waals surface area (Å²) in [7, 11) is 0. The van der Waals surface area contributed by atoms with E-state index in [4.69, 9.17) is 21.9 Å². The standard InChI is InChI=1S/C17H13ClN6O6S2.Na/c18-9-3-7(30-23-9)2-1-6-4-31-15-11(14(26)24(15)12(6)16(27)28)21-13(25)10(22-29)8-5-32-17(19)20-8;/h1-3,5,11,15,29H,4H2,(H2,19,20)(H,21,25)(H,27,28);/q;+1/p-1/b2-1+,22-10-;. The van der Waals surface area contributed by atoms with E-state index in [2.05, 4.69) is 20.6 Å². The number of thioether (sulfide) groups is 1. The molecule has 0 spiro atoms. The van der Waals surface area contributed by atoms with E-state index in [0.29, 0.717) is 11.3 Å². The summed E-state index contributed by atoms with van der Waals surface area (Å²) in [5.41, 5.74) is 5.15. The molecule has 2 atom stereocenters. The number of rotatable bonds is 6. The molecule has 2 aromatic heterocycles. The third kappa shape index (κ3) is 4.95. The maximum Gasteiger partial charge on any atom is 1.00 e. The Morgan fingerprint density at radius 1 is 1.45 bits per heavy atom. The number of nitrogen functional groups attached to an aromatic ring is 1. The van der Waals surface area contributed by atoms with Crippen LogP contribution in [0.4, 0.5) is 5.13 Å². The van der Waals surface area contributed by atoms with Crippen molar-refractivity contribution in [2.75, 3.05) is 11.5 Å². The van der Waals surface area contributed by atoms with E-state index in [1.54, 1.807) is 0 Å². The predicted octanol–water partition coefficient (Wildman–Crippen LogP) is -3.33. The van der Waals surface area contributed by atoms with Crippen molar-refractivity contribution in [2.45, 2.75) is 11.4 Å². The van der Waals surface area contributed by atoms with Gasteiger partial charge in [-0.15, -0.1) is 23.1 Å². The molecule has 166 valence electrons. The quantitative estimate of drug-likeness (QED) is 0.115. The third-order valence-electron chi connectivity index (χ3n) is 4.51. The van der Waals surface area contributed by atoms with Crippen molar-refractivity contribution in [1.82, 2.24) is 20.4 Å². The Balaban J connectivity index is 0.00000306. The third-order valence-corrected chi connectivity index (χ3v) is 6.66. The number of allylic oxidation sites excluding steroid dienone is 1. The van der Waals surface area contributed by atoms with Gasteiger partial charge in [0.05, 0.1) is 11.7 Å². The van der Waals surface area contributed by atoms with E-state index in [-0.39, 0.29) is 57.0 Å². The summed E-state index contributed by atoms with van der Waals surface area (Å²) >= 11 is 7.96. The summed E-state index contributed by atoms with van der Waals surface area (Å²) in [6, 6.07) is 0.403. The first kappa shape index (κ1) is 25.3. The van der Waals surface area contributed by atoms with Crippen LogP contribution in [0.25, 0.3) is 6.08 Å². The van der Waals surface area contributed by atoms with Gasteiger partial charge in [-0.05, 0) is 11.6 Å². The smallest absolute Gasteiger partial charge is 0.543 e. The van der Waals surface area contributed by atoms with Crippen LogP contribution in [0.15, 0.2) is 38.5 Å². The zero-order valence-corrected chi connectivity index (χ0v) is 21.1. The molecule has 0 radical (unpaired) electrons. The maximum absolute atomic E-state index is 12.7. The minimum Gasteiger partial charge on any atom is -0.543 e. The number of nitrogens with one attached hydrogen (secondary N) is 1. The van der Waals surface area contributed by atoms with Gasteiger partial charge in [0.25, 0.3) is 11.8 Å². The van der Waals surface area contributed by atoms with Gasteiger partial charge in [-0.25, -0.2) is 4.98 Å². The molecule has 2 aliphatic heterocycles. The summed E-state index contributed by atoms with van der Waals surface area (Å²) in [6.45, 7) is 0. The molecule has 2 unspecified atom stereocenters. The molecule has 16 heteroatoms. The number of nitrogens with zero attached hydrogens (tertiary/aromatic N) is 4. The van der Waals surface area contributed by atoms with E-state index < -0.39 is 34.9 Å². The molecule has 33 heavy (non-hydrogen) atoms. The number of carbonyl (C=O) groups excluding carboxylic acids is 3. The first-order valence-corrected chi connectivity index (χ1v) is 11.0. The van der Waals surface area contributed by atoms with Crippen molar-refractivity contribution in [3.63, 3.8) is 0 Å². The average Bonchev–Trinajstić information content (AvgIpc) is 3.38. The van der Waals surface area contributed by atoms with Crippen LogP contribution in [0.1, 0.15) is 11.5 Å². The molecule has 1 saturated heterocycles. The molecular weight excluding hydrogens is 507 g/mol. The molecule has 12 nitrogen and oxygen atoms in total. The van der Waals surface area contributed by atoms with Crippen molar-refractivity contribution >= 4 is 69.4 Å². The predicted molar refractivity (Wildman–Crippen MR) is 112 cm³/mol. The molecule has 0 aliphatic carbocycles. The van der Waals surface area contributed by atoms with Crippen LogP contribution in [0, 0.1) is 0 Å². The average molecular weight is 519 g/mol. The van der Waals surface area contributed by atoms with Gasteiger partial charge < -0.3 is 30.7 Å². The number of hydrogen-bond acceptors (Lipinski definition) is 12. The number of thiazole rings is 1. The number of halogens is 1. The number of carboxylic acid groups (broad SMARTS) is 1. The minimum absolute atomic E-state index is 0. The van der Waals surface area contributed by atoms with E-state index in [9.17, 15) is 24.7 Å². The van der Waals surface area contributed by atoms with Gasteiger partial charge in [0.1, 0.15) is 17.1 Å². The molecule has 0 bridgehead atoms. The molecule has 4 heterocycles. The number of aromatic nitrogens is 2. The number of β-lactam (4-membered cyclic amide) rings is 1. The Hall–Kier alpha value is -2.36. The molecule has 2 aromatic rings. The molecule has 2 aliphatic rings. The molecular formula is C17H12ClN6NaO6S2. The zero-order valence-electron chi connectivity index (χ0n) is 16.7. The van der Waals surface area contributed by atoms with Crippen molar-refractivity contribution in [1.29, 1.82) is 0 Å². The van der Waals surface area contributed by atoms with Crippen molar-refractivity contribution < 1.29 is 58.8 Å². The Bertz CT molecular complexity index is 1210. The van der Waals surface area contributed by atoms with Crippen LogP contribution in [0.3, 0.4) is 0 Å². The second-order valence-electron chi connectivity index (χ2n) is 6.43. The Kier molecular flexibility index (Phi) is 7.87. The largest absolute Gasteiger partial charge is 1.00 e. The monoisotopic (exact) mass is 518 g/mol. The fourth-order valence-corrected chi connectivity index (χ4v) is 5.12. The van der Waals surface area contributed by atoms with Crippen LogP contribution in [0.2, 0.25) is 5.15 Å². The van der Waals surface area contributed by atoms with Crippen LogP contribution >= 0.6 is 34.7 Å². The molecule has 2 amide bonds. The number of fused-ring (bicyclic) bond motifs is 1. The van der Waals surface area contributed by atoms with Gasteiger partial charge in [-0.2, -0.15) is 0 Å². The first-order chi connectivity index (χ1) is 15.3. The van der Waals surface area contributed by atoms with Crippen LogP contribution < -0.4 is 45.7 Å². The van der Waals surface area contributed by atoms with E-state index >= 15 is 0 Å². The fraction of sp³-hybridized carbons (Fsp3) is 0.176. The fourth-order valence-electron chi connectivity index (χ4n) is 3.11. The Morgan fingerprint density at radius 2 is 2.21 bits per heavy atom. The molecule has 4 rings (SSSR count). The topological polar surface area (TPSA) is 187 Å². The number of anilines is 1. The zero-order chi connectivity index (χ0) is 23.0. The second-order valence-corrected chi connectivity index (χ2v) is 8.81. The maximum atomic E-state index is 12.7. The SMILES string of the molecule is Nc1nc(/C(=N/O)C(=O)NC2C(=O)N3C(C(=O)[O-])=C(/C=C/c4cc(Cl)no4)CSC23)cs1.[Na+]. The summed E-state index contributed by atoms with van der Waals surface area (Å²) in [5.74, 6) is -2.54. The minimum atomic E-state index is -1.54. The van der Waals surface area contributed by atoms with Crippen molar-refractivity contribution in [2.24, 2.45) is 5.16 Å². The molecule has 0 saturated carbocycles. The van der Waals surface area contributed by atoms with E-state index in [0.717, 1.165) is 16.2 Å². The Labute approximate surface area is 220 Å². The van der Waals surface area contributed by atoms with Crippen molar-refractivity contribution in [3.05, 3.63) is 45.4 Å². The summed E-state index contributed by atoms with van der Waals surface area (Å²) in [5, 5.41) is 30.9. The number of carbonyl (C=O) groups is 3. The molecule has 4 N–H and O–H groups in total. The molecule has 0 aromatic carbocycles. The number of amides is 2. The van der Waals surface area contributed by atoms with E-state index in [1.165, 1.54) is 35.4 Å². The van der Waals surface area contributed by atoms with Crippen LogP contribution in [0.5, 0.6) is 0 Å². The summed E-state index contributed by atoms with van der Waals surface area (Å²) < 4.78 is 4.93. The van der Waals surface area contributed by atoms with Gasteiger partial charge in [0.15, 0.2) is 21.8 Å². The normalized spacial score (nSPS) is 20.3.